The second-order valence-corrected chi connectivity index (χ2v) is 7.12. The molecule has 0 saturated carbocycles. The Bertz CT molecular complexity index is 755. The van der Waals surface area contributed by atoms with Crippen molar-refractivity contribution < 1.29 is 14.3 Å². The molecule has 4 heteroatoms. The number of ether oxygens (including phenoxy) is 2. The van der Waals surface area contributed by atoms with E-state index in [1.165, 1.54) is 0 Å². The minimum Gasteiger partial charge on any atom is -0.487 e. The van der Waals surface area contributed by atoms with E-state index < -0.39 is 6.10 Å². The first-order valence-electron chi connectivity index (χ1n) is 9.90. The van der Waals surface area contributed by atoms with Crippen LogP contribution in [0.2, 0.25) is 0 Å². The molecule has 1 amide bonds. The molecule has 0 aromatic heterocycles. The number of fused-ring (bicyclic) bond motifs is 1. The smallest absolute Gasteiger partial charge is 0.261 e. The highest BCUT2D eigenvalue weighted by molar-refractivity contribution is 5.81. The monoisotopic (exact) mass is 367 g/mol. The van der Waals surface area contributed by atoms with Gasteiger partial charge in [0.1, 0.15) is 17.1 Å². The van der Waals surface area contributed by atoms with Crippen molar-refractivity contribution in [2.75, 3.05) is 0 Å². The van der Waals surface area contributed by atoms with Crippen LogP contribution in [0.25, 0.3) is 0 Å². The highest BCUT2D eigenvalue weighted by Crippen LogP contribution is 2.42. The van der Waals surface area contributed by atoms with Crippen molar-refractivity contribution in [1.82, 2.24) is 5.32 Å². The van der Waals surface area contributed by atoms with Crippen molar-refractivity contribution in [2.45, 2.75) is 64.2 Å². The maximum Gasteiger partial charge on any atom is 0.261 e. The molecule has 0 saturated heterocycles. The van der Waals surface area contributed by atoms with Gasteiger partial charge in [-0.05, 0) is 37.5 Å². The minimum absolute atomic E-state index is 0.0734. The summed E-state index contributed by atoms with van der Waals surface area (Å²) in [4.78, 5) is 13.0. The fourth-order valence-corrected chi connectivity index (χ4v) is 3.68. The van der Waals surface area contributed by atoms with Gasteiger partial charge in [-0.15, -0.1) is 0 Å². The minimum atomic E-state index is -0.514. The molecule has 4 nitrogen and oxygen atoms in total. The summed E-state index contributed by atoms with van der Waals surface area (Å²) < 4.78 is 12.2. The topological polar surface area (TPSA) is 47.6 Å². The third kappa shape index (κ3) is 4.26. The number of hydrogen-bond acceptors (Lipinski definition) is 3. The Kier molecular flexibility index (Phi) is 6.04. The molecule has 1 aliphatic heterocycles. The third-order valence-corrected chi connectivity index (χ3v) is 5.49. The first-order chi connectivity index (χ1) is 13.1. The van der Waals surface area contributed by atoms with Crippen molar-refractivity contribution in [3.63, 3.8) is 0 Å². The number of carbonyl (C=O) groups is 1. The standard InChI is InChI=1S/C23H29NO3/c1-4-20(26-17-12-8-7-9-13-17)22(25)24-19-16-23(5-2,6-3)27-21-15-11-10-14-18(19)21/h7-15,19-20H,4-6,16H2,1-3H3,(H,24,25)/t19-,20-/m0/s1. The van der Waals surface area contributed by atoms with Crippen molar-refractivity contribution >= 4 is 5.91 Å². The maximum atomic E-state index is 13.0. The fourth-order valence-electron chi connectivity index (χ4n) is 3.68. The van der Waals surface area contributed by atoms with E-state index in [2.05, 4.69) is 19.2 Å². The van der Waals surface area contributed by atoms with Gasteiger partial charge in [0, 0.05) is 12.0 Å². The molecule has 144 valence electrons. The summed E-state index contributed by atoms with van der Waals surface area (Å²) >= 11 is 0. The van der Waals surface area contributed by atoms with E-state index in [4.69, 9.17) is 9.47 Å². The SMILES string of the molecule is CC[C@H](Oc1ccccc1)C(=O)N[C@H]1CC(CC)(CC)Oc2ccccc21. The summed E-state index contributed by atoms with van der Waals surface area (Å²) in [7, 11) is 0. The van der Waals surface area contributed by atoms with E-state index in [-0.39, 0.29) is 17.6 Å². The molecule has 0 bridgehead atoms. The van der Waals surface area contributed by atoms with Crippen molar-refractivity contribution in [3.05, 3.63) is 60.2 Å². The van der Waals surface area contributed by atoms with E-state index in [9.17, 15) is 4.79 Å². The number of para-hydroxylation sites is 2. The summed E-state index contributed by atoms with van der Waals surface area (Å²) in [6, 6.07) is 17.4. The van der Waals surface area contributed by atoms with Gasteiger partial charge in [-0.1, -0.05) is 57.2 Å². The maximum absolute atomic E-state index is 13.0. The van der Waals surface area contributed by atoms with Crippen LogP contribution in [-0.2, 0) is 4.79 Å². The number of rotatable bonds is 7. The van der Waals surface area contributed by atoms with Gasteiger partial charge in [-0.3, -0.25) is 4.79 Å². The van der Waals surface area contributed by atoms with Crippen LogP contribution < -0.4 is 14.8 Å². The molecule has 0 aliphatic carbocycles. The lowest BCUT2D eigenvalue weighted by Gasteiger charge is -2.42. The molecule has 0 radical (unpaired) electrons. The van der Waals surface area contributed by atoms with E-state index in [0.717, 1.165) is 30.6 Å². The normalized spacial score (nSPS) is 18.7. The third-order valence-electron chi connectivity index (χ3n) is 5.49. The number of amides is 1. The quantitative estimate of drug-likeness (QED) is 0.745. The van der Waals surface area contributed by atoms with Crippen molar-refractivity contribution in [1.29, 1.82) is 0 Å². The Morgan fingerprint density at radius 2 is 1.78 bits per heavy atom. The van der Waals surface area contributed by atoms with Crippen LogP contribution in [0.1, 0.15) is 58.1 Å². The van der Waals surface area contributed by atoms with Crippen LogP contribution in [0.3, 0.4) is 0 Å². The van der Waals surface area contributed by atoms with E-state index in [0.29, 0.717) is 12.2 Å². The molecule has 1 aliphatic rings. The van der Waals surface area contributed by atoms with Crippen molar-refractivity contribution in [3.8, 4) is 11.5 Å². The zero-order valence-electron chi connectivity index (χ0n) is 16.4. The number of carbonyl (C=O) groups excluding carboxylic acids is 1. The first-order valence-corrected chi connectivity index (χ1v) is 9.90. The Labute approximate surface area is 161 Å². The van der Waals surface area contributed by atoms with Gasteiger partial charge in [0.05, 0.1) is 6.04 Å². The van der Waals surface area contributed by atoms with Crippen LogP contribution in [0, 0.1) is 0 Å². The van der Waals surface area contributed by atoms with Gasteiger partial charge in [-0.2, -0.15) is 0 Å². The van der Waals surface area contributed by atoms with E-state index >= 15 is 0 Å². The van der Waals surface area contributed by atoms with E-state index in [1.807, 2.05) is 61.5 Å². The predicted molar refractivity (Wildman–Crippen MR) is 107 cm³/mol. The zero-order chi connectivity index (χ0) is 19.3. The van der Waals surface area contributed by atoms with Crippen LogP contribution >= 0.6 is 0 Å². The summed E-state index contributed by atoms with van der Waals surface area (Å²) in [5.41, 5.74) is 0.798. The van der Waals surface area contributed by atoms with Gasteiger partial charge < -0.3 is 14.8 Å². The highest BCUT2D eigenvalue weighted by Gasteiger charge is 2.39. The van der Waals surface area contributed by atoms with Gasteiger partial charge in [0.2, 0.25) is 0 Å². The second-order valence-electron chi connectivity index (χ2n) is 7.12. The van der Waals surface area contributed by atoms with Crippen LogP contribution in [0.4, 0.5) is 0 Å². The molecule has 0 fully saturated rings. The van der Waals surface area contributed by atoms with Crippen LogP contribution in [-0.4, -0.2) is 17.6 Å². The lowest BCUT2D eigenvalue weighted by atomic mass is 9.83. The largest absolute Gasteiger partial charge is 0.487 e. The lowest BCUT2D eigenvalue weighted by molar-refractivity contribution is -0.129. The zero-order valence-corrected chi connectivity index (χ0v) is 16.4. The molecule has 2 aromatic carbocycles. The molecule has 2 atom stereocenters. The number of hydrogen-bond donors (Lipinski definition) is 1. The van der Waals surface area contributed by atoms with Crippen LogP contribution in [0.15, 0.2) is 54.6 Å². The summed E-state index contributed by atoms with van der Waals surface area (Å²) in [5.74, 6) is 1.50. The molecular weight excluding hydrogens is 338 g/mol. The number of benzene rings is 2. The average molecular weight is 367 g/mol. The summed E-state index contributed by atoms with van der Waals surface area (Å²) in [5, 5.41) is 3.23. The van der Waals surface area contributed by atoms with Crippen LogP contribution in [0.5, 0.6) is 11.5 Å². The molecule has 0 spiro atoms. The van der Waals surface area contributed by atoms with Gasteiger partial charge in [-0.25, -0.2) is 0 Å². The number of nitrogens with one attached hydrogen (secondary N) is 1. The molecule has 3 rings (SSSR count). The van der Waals surface area contributed by atoms with E-state index in [1.54, 1.807) is 0 Å². The Morgan fingerprint density at radius 3 is 2.44 bits per heavy atom. The molecule has 0 unspecified atom stereocenters. The average Bonchev–Trinajstić information content (AvgIpc) is 2.72. The fraction of sp³-hybridized carbons (Fsp3) is 0.435. The second kappa shape index (κ2) is 8.47. The molecular formula is C23H29NO3. The first kappa shape index (κ1) is 19.3. The molecule has 2 aromatic rings. The Morgan fingerprint density at radius 1 is 1.11 bits per heavy atom. The van der Waals surface area contributed by atoms with Gasteiger partial charge >= 0.3 is 0 Å². The Hall–Kier alpha value is -2.49. The van der Waals surface area contributed by atoms with Gasteiger partial charge in [0.25, 0.3) is 5.91 Å². The van der Waals surface area contributed by atoms with Crippen molar-refractivity contribution in [2.24, 2.45) is 0 Å². The molecule has 27 heavy (non-hydrogen) atoms. The summed E-state index contributed by atoms with van der Waals surface area (Å²) in [6.45, 7) is 6.25. The lowest BCUT2D eigenvalue weighted by Crippen LogP contribution is -2.47. The highest BCUT2D eigenvalue weighted by atomic mass is 16.5. The van der Waals surface area contributed by atoms with Gasteiger partial charge in [0.15, 0.2) is 6.10 Å². The predicted octanol–water partition coefficient (Wildman–Crippen LogP) is 5.04. The molecule has 1 heterocycles. The Balaban J connectivity index is 1.79. The summed E-state index contributed by atoms with van der Waals surface area (Å²) in [6.07, 6.45) is 2.67. The molecule has 1 N–H and O–H groups in total.